The van der Waals surface area contributed by atoms with Crippen LogP contribution >= 0.6 is 0 Å². The van der Waals surface area contributed by atoms with Crippen LogP contribution in [0.2, 0.25) is 0 Å². The molecule has 3 nitrogen and oxygen atoms in total. The zero-order valence-corrected chi connectivity index (χ0v) is 12.1. The van der Waals surface area contributed by atoms with Gasteiger partial charge in [0.05, 0.1) is 12.7 Å². The Bertz CT molecular complexity index is 620. The van der Waals surface area contributed by atoms with Gasteiger partial charge in [-0.1, -0.05) is 37.3 Å². The van der Waals surface area contributed by atoms with Crippen molar-refractivity contribution >= 4 is 11.6 Å². The maximum absolute atomic E-state index is 12.4. The van der Waals surface area contributed by atoms with Crippen LogP contribution in [0.4, 0.5) is 5.69 Å². The maximum Gasteiger partial charge on any atom is 0.259 e. The minimum atomic E-state index is -0.147. The van der Waals surface area contributed by atoms with E-state index in [9.17, 15) is 4.79 Å². The fourth-order valence-corrected chi connectivity index (χ4v) is 2.24. The van der Waals surface area contributed by atoms with Gasteiger partial charge in [-0.3, -0.25) is 4.79 Å². The molecule has 0 saturated carbocycles. The van der Waals surface area contributed by atoms with Crippen molar-refractivity contribution < 1.29 is 9.53 Å². The molecule has 0 atom stereocenters. The summed E-state index contributed by atoms with van der Waals surface area (Å²) in [6.45, 7) is 3.99. The van der Waals surface area contributed by atoms with Crippen LogP contribution < -0.4 is 10.1 Å². The van der Waals surface area contributed by atoms with Crippen LogP contribution in [0.3, 0.4) is 0 Å². The van der Waals surface area contributed by atoms with E-state index in [1.54, 1.807) is 13.2 Å². The Morgan fingerprint density at radius 1 is 1.15 bits per heavy atom. The molecule has 1 amide bonds. The van der Waals surface area contributed by atoms with Gasteiger partial charge in [-0.05, 0) is 36.6 Å². The first-order valence-electron chi connectivity index (χ1n) is 6.70. The van der Waals surface area contributed by atoms with Crippen LogP contribution in [0.1, 0.15) is 28.4 Å². The van der Waals surface area contributed by atoms with Crippen molar-refractivity contribution in [2.24, 2.45) is 0 Å². The van der Waals surface area contributed by atoms with Crippen LogP contribution in [-0.4, -0.2) is 13.0 Å². The molecule has 0 saturated heterocycles. The molecule has 0 heterocycles. The van der Waals surface area contributed by atoms with E-state index in [4.69, 9.17) is 4.74 Å². The number of anilines is 1. The smallest absolute Gasteiger partial charge is 0.259 e. The van der Waals surface area contributed by atoms with E-state index in [0.29, 0.717) is 11.3 Å². The van der Waals surface area contributed by atoms with Crippen molar-refractivity contribution in [1.82, 2.24) is 0 Å². The van der Waals surface area contributed by atoms with Crippen molar-refractivity contribution in [2.75, 3.05) is 12.4 Å². The number of amides is 1. The van der Waals surface area contributed by atoms with Crippen LogP contribution in [0, 0.1) is 6.92 Å². The van der Waals surface area contributed by atoms with Gasteiger partial charge in [0, 0.05) is 5.69 Å². The fourth-order valence-electron chi connectivity index (χ4n) is 2.24. The average molecular weight is 269 g/mol. The zero-order valence-electron chi connectivity index (χ0n) is 12.1. The van der Waals surface area contributed by atoms with Gasteiger partial charge in [0.25, 0.3) is 5.91 Å². The molecule has 0 radical (unpaired) electrons. The first kappa shape index (κ1) is 14.1. The summed E-state index contributed by atoms with van der Waals surface area (Å²) in [5.74, 6) is 0.477. The van der Waals surface area contributed by atoms with Gasteiger partial charge in [0.1, 0.15) is 5.75 Å². The summed E-state index contributed by atoms with van der Waals surface area (Å²) in [6.07, 6.45) is 0.876. The molecule has 3 heteroatoms. The topological polar surface area (TPSA) is 38.3 Å². The van der Waals surface area contributed by atoms with Gasteiger partial charge in [-0.25, -0.2) is 0 Å². The van der Waals surface area contributed by atoms with E-state index in [1.165, 1.54) is 0 Å². The van der Waals surface area contributed by atoms with Gasteiger partial charge in [0.2, 0.25) is 0 Å². The van der Waals surface area contributed by atoms with Gasteiger partial charge in [-0.2, -0.15) is 0 Å². The lowest BCUT2D eigenvalue weighted by atomic mass is 10.1. The number of aryl methyl sites for hydroxylation is 2. The molecule has 0 bridgehead atoms. The Balaban J connectivity index is 2.31. The molecule has 0 fully saturated rings. The molecule has 104 valence electrons. The van der Waals surface area contributed by atoms with Crippen LogP contribution in [0.25, 0.3) is 0 Å². The molecule has 2 aromatic carbocycles. The molecule has 20 heavy (non-hydrogen) atoms. The highest BCUT2D eigenvalue weighted by Crippen LogP contribution is 2.24. The van der Waals surface area contributed by atoms with Crippen LogP contribution in [0.15, 0.2) is 42.5 Å². The predicted octanol–water partition coefficient (Wildman–Crippen LogP) is 3.82. The number of para-hydroxylation sites is 2. The number of rotatable bonds is 4. The minimum absolute atomic E-state index is 0.147. The average Bonchev–Trinajstić information content (AvgIpc) is 2.47. The van der Waals surface area contributed by atoms with E-state index in [0.717, 1.165) is 23.2 Å². The summed E-state index contributed by atoms with van der Waals surface area (Å²) < 4.78 is 5.33. The van der Waals surface area contributed by atoms with Crippen molar-refractivity contribution in [2.45, 2.75) is 20.3 Å². The van der Waals surface area contributed by atoms with Crippen molar-refractivity contribution in [3.8, 4) is 5.75 Å². The molecular formula is C17H19NO2. The van der Waals surface area contributed by atoms with Crippen molar-refractivity contribution in [3.05, 3.63) is 59.2 Å². The highest BCUT2D eigenvalue weighted by molar-refractivity contribution is 6.06. The van der Waals surface area contributed by atoms with Crippen LogP contribution in [0.5, 0.6) is 5.75 Å². The van der Waals surface area contributed by atoms with E-state index in [2.05, 4.69) is 12.2 Å². The normalized spacial score (nSPS) is 10.2. The molecule has 0 aliphatic rings. The molecule has 2 rings (SSSR count). The molecule has 0 aliphatic heterocycles. The third kappa shape index (κ3) is 2.82. The van der Waals surface area contributed by atoms with Gasteiger partial charge >= 0.3 is 0 Å². The lowest BCUT2D eigenvalue weighted by Crippen LogP contribution is -2.14. The summed E-state index contributed by atoms with van der Waals surface area (Å²) in [7, 11) is 1.58. The third-order valence-electron chi connectivity index (χ3n) is 3.31. The van der Waals surface area contributed by atoms with Gasteiger partial charge in [0.15, 0.2) is 0 Å². The standard InChI is InChI=1S/C17H19NO2/c1-4-13-9-5-6-11-15(13)18-17(19)14-10-7-8-12(2)16(14)20-3/h5-11H,4H2,1-3H3,(H,18,19). The second-order valence-corrected chi connectivity index (χ2v) is 4.62. The molecule has 0 unspecified atom stereocenters. The first-order valence-corrected chi connectivity index (χ1v) is 6.70. The first-order chi connectivity index (χ1) is 9.67. The number of hydrogen-bond donors (Lipinski definition) is 1. The zero-order chi connectivity index (χ0) is 14.5. The summed E-state index contributed by atoms with van der Waals surface area (Å²) in [5.41, 5.74) is 3.47. The molecule has 0 aliphatic carbocycles. The van der Waals surface area contributed by atoms with Crippen molar-refractivity contribution in [3.63, 3.8) is 0 Å². The Morgan fingerprint density at radius 2 is 1.90 bits per heavy atom. The van der Waals surface area contributed by atoms with Crippen LogP contribution in [-0.2, 0) is 6.42 Å². The largest absolute Gasteiger partial charge is 0.496 e. The highest BCUT2D eigenvalue weighted by atomic mass is 16.5. The lowest BCUT2D eigenvalue weighted by Gasteiger charge is -2.13. The number of benzene rings is 2. The number of carbonyl (C=O) groups is 1. The van der Waals surface area contributed by atoms with E-state index >= 15 is 0 Å². The maximum atomic E-state index is 12.4. The molecule has 0 spiro atoms. The molecule has 2 aromatic rings. The third-order valence-corrected chi connectivity index (χ3v) is 3.31. The van der Waals surface area contributed by atoms with Gasteiger partial charge in [-0.15, -0.1) is 0 Å². The number of hydrogen-bond acceptors (Lipinski definition) is 2. The Labute approximate surface area is 119 Å². The summed E-state index contributed by atoms with van der Waals surface area (Å²) in [5, 5.41) is 2.96. The lowest BCUT2D eigenvalue weighted by molar-refractivity contribution is 0.102. The number of ether oxygens (including phenoxy) is 1. The number of nitrogens with one attached hydrogen (secondary N) is 1. The number of carbonyl (C=O) groups excluding carboxylic acids is 1. The number of methoxy groups -OCH3 is 1. The van der Waals surface area contributed by atoms with Crippen molar-refractivity contribution in [1.29, 1.82) is 0 Å². The molecule has 0 aromatic heterocycles. The molecule has 1 N–H and O–H groups in total. The van der Waals surface area contributed by atoms with Gasteiger partial charge < -0.3 is 10.1 Å². The second kappa shape index (κ2) is 6.24. The summed E-state index contributed by atoms with van der Waals surface area (Å²) in [4.78, 5) is 12.4. The monoisotopic (exact) mass is 269 g/mol. The predicted molar refractivity (Wildman–Crippen MR) is 81.5 cm³/mol. The Kier molecular flexibility index (Phi) is 4.41. The second-order valence-electron chi connectivity index (χ2n) is 4.62. The van der Waals surface area contributed by atoms with E-state index < -0.39 is 0 Å². The Hall–Kier alpha value is -2.29. The quantitative estimate of drug-likeness (QED) is 0.916. The Morgan fingerprint density at radius 3 is 2.60 bits per heavy atom. The SMILES string of the molecule is CCc1ccccc1NC(=O)c1cccc(C)c1OC. The van der Waals surface area contributed by atoms with E-state index in [1.807, 2.05) is 43.3 Å². The minimum Gasteiger partial charge on any atom is -0.496 e. The summed E-state index contributed by atoms with van der Waals surface area (Å²) in [6, 6.07) is 13.4. The fraction of sp³-hybridized carbons (Fsp3) is 0.235. The summed E-state index contributed by atoms with van der Waals surface area (Å²) >= 11 is 0. The van der Waals surface area contributed by atoms with E-state index in [-0.39, 0.29) is 5.91 Å². The molecular weight excluding hydrogens is 250 g/mol. The highest BCUT2D eigenvalue weighted by Gasteiger charge is 2.14.